The molecule has 0 fully saturated rings. The highest BCUT2D eigenvalue weighted by Gasteiger charge is 2.07. The molecule has 0 spiro atoms. The van der Waals surface area contributed by atoms with E-state index in [1.165, 1.54) is 23.5 Å². The molecule has 1 heterocycles. The molecule has 5 heteroatoms. The molecule has 0 unspecified atom stereocenters. The number of aromatic nitrogens is 1. The summed E-state index contributed by atoms with van der Waals surface area (Å²) in [5.41, 5.74) is 1.80. The molecule has 0 atom stereocenters. The Bertz CT molecular complexity index is 519. The van der Waals surface area contributed by atoms with Gasteiger partial charge in [-0.15, -0.1) is 11.3 Å². The maximum atomic E-state index is 13.3. The number of thiazole rings is 1. The molecule has 2 nitrogen and oxygen atoms in total. The summed E-state index contributed by atoms with van der Waals surface area (Å²) in [6.45, 7) is 4.93. The van der Waals surface area contributed by atoms with Crippen molar-refractivity contribution in [3.05, 3.63) is 39.6 Å². The zero-order valence-electron chi connectivity index (χ0n) is 10.2. The molecule has 0 amide bonds. The second-order valence-electron chi connectivity index (χ2n) is 4.34. The van der Waals surface area contributed by atoms with Gasteiger partial charge in [0.05, 0.1) is 5.69 Å². The number of rotatable bonds is 4. The average molecular weight is 329 g/mol. The summed E-state index contributed by atoms with van der Waals surface area (Å²) < 4.78 is 14.0. The Morgan fingerprint density at radius 2 is 2.17 bits per heavy atom. The first kappa shape index (κ1) is 13.6. The van der Waals surface area contributed by atoms with E-state index in [2.05, 4.69) is 40.1 Å². The molecule has 0 aliphatic rings. The normalized spacial score (nSPS) is 11.2. The monoisotopic (exact) mass is 328 g/mol. The van der Waals surface area contributed by atoms with Crippen molar-refractivity contribution in [2.45, 2.75) is 26.4 Å². The predicted octanol–water partition coefficient (Wildman–Crippen LogP) is 4.21. The lowest BCUT2D eigenvalue weighted by Gasteiger charge is -2.04. The summed E-state index contributed by atoms with van der Waals surface area (Å²) >= 11 is 4.82. The van der Waals surface area contributed by atoms with Gasteiger partial charge in [-0.1, -0.05) is 29.8 Å². The number of benzene rings is 1. The minimum Gasteiger partial charge on any atom is -0.309 e. The van der Waals surface area contributed by atoms with Crippen molar-refractivity contribution in [2.24, 2.45) is 0 Å². The van der Waals surface area contributed by atoms with Crippen molar-refractivity contribution in [3.63, 3.8) is 0 Å². The zero-order chi connectivity index (χ0) is 13.1. The van der Waals surface area contributed by atoms with Crippen LogP contribution < -0.4 is 5.32 Å². The van der Waals surface area contributed by atoms with E-state index in [0.29, 0.717) is 6.04 Å². The Hall–Kier alpha value is -0.780. The Kier molecular flexibility index (Phi) is 4.48. The number of hydrogen-bond donors (Lipinski definition) is 1. The van der Waals surface area contributed by atoms with E-state index in [9.17, 15) is 4.39 Å². The zero-order valence-corrected chi connectivity index (χ0v) is 12.6. The van der Waals surface area contributed by atoms with Crippen LogP contribution in [0.3, 0.4) is 0 Å². The highest BCUT2D eigenvalue weighted by molar-refractivity contribution is 9.10. The number of hydrogen-bond acceptors (Lipinski definition) is 3. The van der Waals surface area contributed by atoms with Crippen molar-refractivity contribution in [2.75, 3.05) is 0 Å². The van der Waals surface area contributed by atoms with E-state index >= 15 is 0 Å². The molecule has 0 saturated carbocycles. The van der Waals surface area contributed by atoms with E-state index in [4.69, 9.17) is 0 Å². The molecule has 0 bridgehead atoms. The summed E-state index contributed by atoms with van der Waals surface area (Å²) in [6.07, 6.45) is 0. The quantitative estimate of drug-likeness (QED) is 0.909. The van der Waals surface area contributed by atoms with Crippen LogP contribution in [0.2, 0.25) is 0 Å². The van der Waals surface area contributed by atoms with Gasteiger partial charge in [-0.05, 0) is 18.2 Å². The van der Waals surface area contributed by atoms with Crippen LogP contribution in [0, 0.1) is 5.82 Å². The minimum atomic E-state index is -0.253. The lowest BCUT2D eigenvalue weighted by Crippen LogP contribution is -2.21. The third-order valence-corrected chi connectivity index (χ3v) is 3.75. The molecular weight excluding hydrogens is 315 g/mol. The smallest absolute Gasteiger partial charge is 0.125 e. The van der Waals surface area contributed by atoms with Crippen molar-refractivity contribution in [3.8, 4) is 10.6 Å². The average Bonchev–Trinajstić information content (AvgIpc) is 2.73. The molecule has 2 aromatic rings. The molecule has 1 aromatic carbocycles. The number of halogens is 2. The van der Waals surface area contributed by atoms with Crippen molar-refractivity contribution >= 4 is 27.3 Å². The van der Waals surface area contributed by atoms with Crippen LogP contribution in [0.1, 0.15) is 19.5 Å². The molecule has 2 rings (SSSR count). The first-order chi connectivity index (χ1) is 8.54. The SMILES string of the molecule is CC(C)NCc1csc(-c2cc(F)cc(Br)c2)n1. The van der Waals surface area contributed by atoms with Gasteiger partial charge >= 0.3 is 0 Å². The van der Waals surface area contributed by atoms with Crippen LogP contribution in [0.25, 0.3) is 10.6 Å². The van der Waals surface area contributed by atoms with Crippen LogP contribution in [0.5, 0.6) is 0 Å². The lowest BCUT2D eigenvalue weighted by molar-refractivity contribution is 0.583. The van der Waals surface area contributed by atoms with Crippen molar-refractivity contribution in [1.29, 1.82) is 0 Å². The van der Waals surface area contributed by atoms with E-state index in [1.54, 1.807) is 0 Å². The third-order valence-electron chi connectivity index (χ3n) is 2.35. The third kappa shape index (κ3) is 3.60. The fourth-order valence-electron chi connectivity index (χ4n) is 1.51. The van der Waals surface area contributed by atoms with Crippen molar-refractivity contribution in [1.82, 2.24) is 10.3 Å². The first-order valence-corrected chi connectivity index (χ1v) is 7.36. The number of nitrogens with one attached hydrogen (secondary N) is 1. The minimum absolute atomic E-state index is 0.253. The number of nitrogens with zero attached hydrogens (tertiary/aromatic N) is 1. The molecule has 96 valence electrons. The summed E-state index contributed by atoms with van der Waals surface area (Å²) in [4.78, 5) is 4.50. The second-order valence-corrected chi connectivity index (χ2v) is 6.11. The second kappa shape index (κ2) is 5.91. The molecule has 0 aliphatic carbocycles. The molecule has 1 N–H and O–H groups in total. The van der Waals surface area contributed by atoms with Gasteiger partial charge in [-0.2, -0.15) is 0 Å². The highest BCUT2D eigenvalue weighted by atomic mass is 79.9. The van der Waals surface area contributed by atoms with E-state index in [0.717, 1.165) is 27.3 Å². The highest BCUT2D eigenvalue weighted by Crippen LogP contribution is 2.27. The van der Waals surface area contributed by atoms with Gasteiger partial charge < -0.3 is 5.32 Å². The summed E-state index contributed by atoms with van der Waals surface area (Å²) in [6, 6.07) is 5.25. The van der Waals surface area contributed by atoms with Crippen molar-refractivity contribution < 1.29 is 4.39 Å². The Balaban J connectivity index is 2.18. The van der Waals surface area contributed by atoms with Crippen LogP contribution in [0.4, 0.5) is 4.39 Å². The van der Waals surface area contributed by atoms with Gasteiger partial charge in [0.1, 0.15) is 10.8 Å². The molecule has 0 saturated heterocycles. The maximum Gasteiger partial charge on any atom is 0.125 e. The molecule has 1 aromatic heterocycles. The van der Waals surface area contributed by atoms with Gasteiger partial charge in [0.25, 0.3) is 0 Å². The topological polar surface area (TPSA) is 24.9 Å². The van der Waals surface area contributed by atoms with Gasteiger partial charge in [-0.25, -0.2) is 9.37 Å². The lowest BCUT2D eigenvalue weighted by atomic mass is 10.2. The van der Waals surface area contributed by atoms with Crippen LogP contribution in [-0.2, 0) is 6.54 Å². The van der Waals surface area contributed by atoms with E-state index in [-0.39, 0.29) is 5.82 Å². The van der Waals surface area contributed by atoms with E-state index < -0.39 is 0 Å². The Morgan fingerprint density at radius 3 is 2.83 bits per heavy atom. The van der Waals surface area contributed by atoms with Gasteiger partial charge in [0.2, 0.25) is 0 Å². The Labute approximate surface area is 118 Å². The van der Waals surface area contributed by atoms with E-state index in [1.807, 2.05) is 11.4 Å². The first-order valence-electron chi connectivity index (χ1n) is 5.69. The molecular formula is C13H14BrFN2S. The largest absolute Gasteiger partial charge is 0.309 e. The van der Waals surface area contributed by atoms with Gasteiger partial charge in [0.15, 0.2) is 0 Å². The van der Waals surface area contributed by atoms with Gasteiger partial charge in [0, 0.05) is 28.0 Å². The predicted molar refractivity (Wildman–Crippen MR) is 77.2 cm³/mol. The standard InChI is InChI=1S/C13H14BrFN2S/c1-8(2)16-6-12-7-18-13(17-12)9-3-10(14)5-11(15)4-9/h3-5,7-8,16H,6H2,1-2H3. The fraction of sp³-hybridized carbons (Fsp3) is 0.308. The summed E-state index contributed by atoms with van der Waals surface area (Å²) in [7, 11) is 0. The summed E-state index contributed by atoms with van der Waals surface area (Å²) in [5, 5.41) is 6.16. The Morgan fingerprint density at radius 1 is 1.39 bits per heavy atom. The maximum absolute atomic E-state index is 13.3. The van der Waals surface area contributed by atoms with Crippen LogP contribution in [-0.4, -0.2) is 11.0 Å². The van der Waals surface area contributed by atoms with Gasteiger partial charge in [-0.3, -0.25) is 0 Å². The summed E-state index contributed by atoms with van der Waals surface area (Å²) in [5.74, 6) is -0.253. The van der Waals surface area contributed by atoms with Crippen LogP contribution >= 0.6 is 27.3 Å². The molecule has 0 radical (unpaired) electrons. The van der Waals surface area contributed by atoms with Crippen LogP contribution in [0.15, 0.2) is 28.1 Å². The fourth-order valence-corrected chi connectivity index (χ4v) is 2.78. The molecule has 18 heavy (non-hydrogen) atoms. The molecule has 0 aliphatic heterocycles.